The maximum absolute atomic E-state index is 10.7. The van der Waals surface area contributed by atoms with Crippen molar-refractivity contribution >= 4 is 21.6 Å². The third kappa shape index (κ3) is 3.44. The second-order valence-electron chi connectivity index (χ2n) is 3.02. The highest BCUT2D eigenvalue weighted by Crippen LogP contribution is 2.30. The van der Waals surface area contributed by atoms with Gasteiger partial charge in [-0.05, 0) is 12.1 Å². The molecule has 0 spiro atoms. The predicted octanol–water partition coefficient (Wildman–Crippen LogP) is 1.09. The molecule has 0 radical (unpaired) electrons. The van der Waals surface area contributed by atoms with Crippen LogP contribution < -0.4 is 4.74 Å². The van der Waals surface area contributed by atoms with E-state index in [0.717, 1.165) is 0 Å². The molecule has 1 rings (SSSR count). The highest BCUT2D eigenvalue weighted by molar-refractivity contribution is 9.10. The topological polar surface area (TPSA) is 92.8 Å². The number of benzene rings is 1. The molecular formula is C9H10BrNO5. The van der Waals surface area contributed by atoms with E-state index in [1.165, 1.54) is 12.1 Å². The van der Waals surface area contributed by atoms with Gasteiger partial charge in [0.25, 0.3) is 0 Å². The Balaban J connectivity index is 2.82. The SMILES string of the molecule is O=[N+]([O-])c1cc(Br)ccc1OCC(O)CO. The van der Waals surface area contributed by atoms with Gasteiger partial charge in [-0.3, -0.25) is 10.1 Å². The average Bonchev–Trinajstić information content (AvgIpc) is 2.26. The molecule has 1 aromatic rings. The van der Waals surface area contributed by atoms with Crippen molar-refractivity contribution in [3.8, 4) is 5.75 Å². The largest absolute Gasteiger partial charge is 0.484 e. The van der Waals surface area contributed by atoms with Gasteiger partial charge in [0.2, 0.25) is 0 Å². The lowest BCUT2D eigenvalue weighted by Gasteiger charge is -2.09. The molecular weight excluding hydrogens is 282 g/mol. The lowest BCUT2D eigenvalue weighted by Crippen LogP contribution is -2.21. The first kappa shape index (κ1) is 12.9. The Morgan fingerprint density at radius 1 is 1.56 bits per heavy atom. The summed E-state index contributed by atoms with van der Waals surface area (Å²) in [7, 11) is 0. The van der Waals surface area contributed by atoms with Crippen molar-refractivity contribution in [1.29, 1.82) is 0 Å². The van der Waals surface area contributed by atoms with E-state index in [1.807, 2.05) is 0 Å². The summed E-state index contributed by atoms with van der Waals surface area (Å²) in [6.07, 6.45) is -1.05. The van der Waals surface area contributed by atoms with Crippen molar-refractivity contribution < 1.29 is 19.9 Å². The Morgan fingerprint density at radius 2 is 2.25 bits per heavy atom. The summed E-state index contributed by atoms with van der Waals surface area (Å²) in [5.41, 5.74) is -0.195. The minimum atomic E-state index is -1.05. The number of nitro benzene ring substituents is 1. The van der Waals surface area contributed by atoms with Crippen LogP contribution >= 0.6 is 15.9 Å². The van der Waals surface area contributed by atoms with Crippen LogP contribution in [-0.4, -0.2) is 34.5 Å². The average molecular weight is 292 g/mol. The number of ether oxygens (including phenoxy) is 1. The highest BCUT2D eigenvalue weighted by Gasteiger charge is 2.16. The van der Waals surface area contributed by atoms with E-state index in [2.05, 4.69) is 15.9 Å². The van der Waals surface area contributed by atoms with Crippen LogP contribution in [0, 0.1) is 10.1 Å². The summed E-state index contributed by atoms with van der Waals surface area (Å²) < 4.78 is 5.60. The lowest BCUT2D eigenvalue weighted by atomic mass is 10.3. The molecule has 0 saturated carbocycles. The summed E-state index contributed by atoms with van der Waals surface area (Å²) in [4.78, 5) is 10.1. The lowest BCUT2D eigenvalue weighted by molar-refractivity contribution is -0.386. The minimum absolute atomic E-state index is 0.0562. The first-order valence-corrected chi connectivity index (χ1v) is 5.19. The van der Waals surface area contributed by atoms with Gasteiger partial charge < -0.3 is 14.9 Å². The second-order valence-corrected chi connectivity index (χ2v) is 3.93. The standard InChI is InChI=1S/C9H10BrNO5/c10-6-1-2-9(8(3-6)11(14)15)16-5-7(13)4-12/h1-3,7,12-13H,4-5H2. The number of aliphatic hydroxyl groups excluding tert-OH is 2. The molecule has 0 aliphatic rings. The zero-order chi connectivity index (χ0) is 12.1. The molecule has 0 fully saturated rings. The van der Waals surface area contributed by atoms with Crippen LogP contribution in [0.4, 0.5) is 5.69 Å². The van der Waals surface area contributed by atoms with Crippen LogP contribution in [-0.2, 0) is 0 Å². The quantitative estimate of drug-likeness (QED) is 0.626. The van der Waals surface area contributed by atoms with Crippen molar-refractivity contribution in [1.82, 2.24) is 0 Å². The molecule has 0 saturated heterocycles. The van der Waals surface area contributed by atoms with E-state index in [0.29, 0.717) is 4.47 Å². The number of nitrogens with zero attached hydrogens (tertiary/aromatic N) is 1. The molecule has 1 unspecified atom stereocenters. The number of rotatable bonds is 5. The zero-order valence-corrected chi connectivity index (χ0v) is 9.75. The van der Waals surface area contributed by atoms with E-state index in [4.69, 9.17) is 14.9 Å². The van der Waals surface area contributed by atoms with Crippen LogP contribution in [0.25, 0.3) is 0 Å². The van der Waals surface area contributed by atoms with Crippen LogP contribution in [0.3, 0.4) is 0 Å². The van der Waals surface area contributed by atoms with Crippen LogP contribution in [0.15, 0.2) is 22.7 Å². The summed E-state index contributed by atoms with van der Waals surface area (Å²) in [5, 5.41) is 28.3. The zero-order valence-electron chi connectivity index (χ0n) is 8.17. The number of aliphatic hydroxyl groups is 2. The number of hydrogen-bond acceptors (Lipinski definition) is 5. The van der Waals surface area contributed by atoms with E-state index >= 15 is 0 Å². The molecule has 0 aromatic heterocycles. The van der Waals surface area contributed by atoms with Crippen molar-refractivity contribution in [3.63, 3.8) is 0 Å². The monoisotopic (exact) mass is 291 g/mol. The van der Waals surface area contributed by atoms with Crippen molar-refractivity contribution in [2.75, 3.05) is 13.2 Å². The van der Waals surface area contributed by atoms with Crippen LogP contribution in [0.5, 0.6) is 5.75 Å². The van der Waals surface area contributed by atoms with Gasteiger partial charge >= 0.3 is 5.69 Å². The summed E-state index contributed by atoms with van der Waals surface area (Å²) in [5.74, 6) is 0.0562. The van der Waals surface area contributed by atoms with E-state index in [-0.39, 0.29) is 18.0 Å². The van der Waals surface area contributed by atoms with Crippen molar-refractivity contribution in [3.05, 3.63) is 32.8 Å². The third-order valence-corrected chi connectivity index (χ3v) is 2.25. The molecule has 0 heterocycles. The first-order chi connectivity index (χ1) is 7.54. The Labute approximate surface area is 99.7 Å². The predicted molar refractivity (Wildman–Crippen MR) is 59.4 cm³/mol. The number of nitro groups is 1. The van der Waals surface area contributed by atoms with Crippen LogP contribution in [0.2, 0.25) is 0 Å². The molecule has 1 atom stereocenters. The van der Waals surface area contributed by atoms with Crippen LogP contribution in [0.1, 0.15) is 0 Å². The maximum atomic E-state index is 10.7. The van der Waals surface area contributed by atoms with Gasteiger partial charge in [-0.25, -0.2) is 0 Å². The van der Waals surface area contributed by atoms with Gasteiger partial charge in [-0.2, -0.15) is 0 Å². The fourth-order valence-electron chi connectivity index (χ4n) is 0.994. The molecule has 0 amide bonds. The molecule has 2 N–H and O–H groups in total. The number of halogens is 1. The van der Waals surface area contributed by atoms with Gasteiger partial charge in [0.05, 0.1) is 11.5 Å². The molecule has 7 heteroatoms. The Kier molecular flexibility index (Phi) is 4.66. The fraction of sp³-hybridized carbons (Fsp3) is 0.333. The molecule has 0 aliphatic carbocycles. The normalized spacial score (nSPS) is 12.2. The Hall–Kier alpha value is -1.18. The third-order valence-electron chi connectivity index (χ3n) is 1.76. The van der Waals surface area contributed by atoms with Gasteiger partial charge in [0.15, 0.2) is 5.75 Å². The molecule has 1 aromatic carbocycles. The van der Waals surface area contributed by atoms with Crippen molar-refractivity contribution in [2.45, 2.75) is 6.10 Å². The van der Waals surface area contributed by atoms with Crippen molar-refractivity contribution in [2.24, 2.45) is 0 Å². The van der Waals surface area contributed by atoms with Gasteiger partial charge in [-0.15, -0.1) is 0 Å². The van der Waals surface area contributed by atoms with E-state index in [9.17, 15) is 10.1 Å². The van der Waals surface area contributed by atoms with Gasteiger partial charge in [-0.1, -0.05) is 15.9 Å². The second kappa shape index (κ2) is 5.78. The molecule has 0 aliphatic heterocycles. The Bertz CT molecular complexity index is 384. The fourth-order valence-corrected chi connectivity index (χ4v) is 1.34. The molecule has 0 bridgehead atoms. The van der Waals surface area contributed by atoms with E-state index in [1.54, 1.807) is 6.07 Å². The van der Waals surface area contributed by atoms with Gasteiger partial charge in [0.1, 0.15) is 12.7 Å². The first-order valence-electron chi connectivity index (χ1n) is 4.40. The maximum Gasteiger partial charge on any atom is 0.312 e. The minimum Gasteiger partial charge on any atom is -0.484 e. The highest BCUT2D eigenvalue weighted by atomic mass is 79.9. The summed E-state index contributed by atoms with van der Waals surface area (Å²) in [6.45, 7) is -0.650. The molecule has 6 nitrogen and oxygen atoms in total. The summed E-state index contributed by atoms with van der Waals surface area (Å²) in [6, 6.07) is 4.32. The summed E-state index contributed by atoms with van der Waals surface area (Å²) >= 11 is 3.11. The van der Waals surface area contributed by atoms with E-state index < -0.39 is 17.6 Å². The number of hydrogen-bond donors (Lipinski definition) is 2. The molecule has 88 valence electrons. The molecule has 16 heavy (non-hydrogen) atoms. The Morgan fingerprint density at radius 3 is 2.81 bits per heavy atom. The smallest absolute Gasteiger partial charge is 0.312 e. The van der Waals surface area contributed by atoms with Gasteiger partial charge in [0, 0.05) is 10.5 Å².